The molecule has 1 amide bonds. The number of hydrogen-bond acceptors (Lipinski definition) is 3. The van der Waals surface area contributed by atoms with Crippen LogP contribution in [-0.2, 0) is 16.0 Å². The third-order valence-corrected chi connectivity index (χ3v) is 4.96. The number of halogens is 1. The molecule has 2 saturated heterocycles. The predicted octanol–water partition coefficient (Wildman–Crippen LogP) is 2.15. The second-order valence-electron chi connectivity index (χ2n) is 6.85. The molecule has 0 bridgehead atoms. The molecule has 0 spiro atoms. The van der Waals surface area contributed by atoms with Crippen molar-refractivity contribution < 1.29 is 19.0 Å². The molecule has 1 N–H and O–H groups in total. The van der Waals surface area contributed by atoms with Gasteiger partial charge in [0.25, 0.3) is 0 Å². The number of likely N-dealkylation sites (tertiary alicyclic amines) is 1. The summed E-state index contributed by atoms with van der Waals surface area (Å²) in [7, 11) is 0. The highest BCUT2D eigenvalue weighted by atomic mass is 19.1. The number of rotatable bonds is 4. The summed E-state index contributed by atoms with van der Waals surface area (Å²) in [5, 5.41) is 10.7. The summed E-state index contributed by atoms with van der Waals surface area (Å²) < 4.78 is 18.6. The Morgan fingerprint density at radius 1 is 1.39 bits per heavy atom. The zero-order valence-corrected chi connectivity index (χ0v) is 13.3. The molecule has 0 saturated carbocycles. The van der Waals surface area contributed by atoms with Crippen LogP contribution in [0.4, 0.5) is 4.39 Å². The van der Waals surface area contributed by atoms with Crippen molar-refractivity contribution in [1.82, 2.24) is 4.90 Å². The summed E-state index contributed by atoms with van der Waals surface area (Å²) in [5.41, 5.74) is -0.0449. The smallest absolute Gasteiger partial charge is 0.222 e. The fourth-order valence-corrected chi connectivity index (χ4v) is 3.50. The number of nitrogens with zero attached hydrogens (tertiary/aromatic N) is 1. The van der Waals surface area contributed by atoms with E-state index in [0.29, 0.717) is 51.3 Å². The number of carbonyl (C=O) groups is 1. The van der Waals surface area contributed by atoms with E-state index in [1.807, 2.05) is 11.0 Å². The van der Waals surface area contributed by atoms with E-state index < -0.39 is 5.60 Å². The number of piperidine rings is 1. The van der Waals surface area contributed by atoms with Crippen LogP contribution in [0.25, 0.3) is 0 Å². The molecular formula is C18H24FNO3. The molecule has 2 aliphatic rings. The van der Waals surface area contributed by atoms with Crippen molar-refractivity contribution in [2.45, 2.75) is 37.7 Å². The lowest BCUT2D eigenvalue weighted by Crippen LogP contribution is -2.48. The SMILES string of the molecule is O=C(CC1CCOC1)N1CCC(O)(Cc2cccc(F)c2)CC1. The van der Waals surface area contributed by atoms with Crippen LogP contribution in [0, 0.1) is 11.7 Å². The van der Waals surface area contributed by atoms with Gasteiger partial charge in [0.1, 0.15) is 5.82 Å². The van der Waals surface area contributed by atoms with Gasteiger partial charge in [0.2, 0.25) is 5.91 Å². The Morgan fingerprint density at radius 3 is 2.83 bits per heavy atom. The van der Waals surface area contributed by atoms with E-state index in [2.05, 4.69) is 0 Å². The minimum atomic E-state index is -0.846. The molecule has 1 atom stereocenters. The number of hydrogen-bond donors (Lipinski definition) is 1. The van der Waals surface area contributed by atoms with E-state index in [-0.39, 0.29) is 11.7 Å². The number of amides is 1. The molecule has 2 fully saturated rings. The number of carbonyl (C=O) groups excluding carboxylic acids is 1. The highest BCUT2D eigenvalue weighted by molar-refractivity contribution is 5.76. The lowest BCUT2D eigenvalue weighted by Gasteiger charge is -2.38. The zero-order chi connectivity index (χ0) is 16.3. The number of benzene rings is 1. The standard InChI is InChI=1S/C18H24FNO3/c19-16-3-1-2-14(10-16)12-18(22)5-7-20(8-6-18)17(21)11-15-4-9-23-13-15/h1-3,10,15,22H,4-9,11-13H2. The third-order valence-electron chi connectivity index (χ3n) is 4.96. The number of ether oxygens (including phenoxy) is 1. The Hall–Kier alpha value is -1.46. The maximum Gasteiger partial charge on any atom is 0.222 e. The van der Waals surface area contributed by atoms with Gasteiger partial charge in [0, 0.05) is 39.1 Å². The summed E-state index contributed by atoms with van der Waals surface area (Å²) in [6, 6.07) is 6.37. The van der Waals surface area contributed by atoms with Gasteiger partial charge in [0.15, 0.2) is 0 Å². The molecule has 1 aromatic carbocycles. The van der Waals surface area contributed by atoms with Crippen molar-refractivity contribution in [3.8, 4) is 0 Å². The molecule has 0 radical (unpaired) electrons. The van der Waals surface area contributed by atoms with Crippen LogP contribution in [0.15, 0.2) is 24.3 Å². The first-order chi connectivity index (χ1) is 11.0. The highest BCUT2D eigenvalue weighted by Gasteiger charge is 2.34. The van der Waals surface area contributed by atoms with Crippen LogP contribution < -0.4 is 0 Å². The Bertz CT molecular complexity index is 549. The fourth-order valence-electron chi connectivity index (χ4n) is 3.50. The normalized spacial score (nSPS) is 23.9. The van der Waals surface area contributed by atoms with Crippen LogP contribution in [0.3, 0.4) is 0 Å². The average Bonchev–Trinajstić information content (AvgIpc) is 3.00. The molecule has 5 heteroatoms. The van der Waals surface area contributed by atoms with Gasteiger partial charge >= 0.3 is 0 Å². The molecule has 126 valence electrons. The van der Waals surface area contributed by atoms with Gasteiger partial charge in [-0.15, -0.1) is 0 Å². The molecule has 2 aliphatic heterocycles. The fraction of sp³-hybridized carbons (Fsp3) is 0.611. The summed E-state index contributed by atoms with van der Waals surface area (Å²) in [5.74, 6) is 0.224. The second-order valence-corrected chi connectivity index (χ2v) is 6.85. The first-order valence-corrected chi connectivity index (χ1v) is 8.36. The number of aliphatic hydroxyl groups is 1. The quantitative estimate of drug-likeness (QED) is 0.924. The van der Waals surface area contributed by atoms with Gasteiger partial charge in [-0.05, 0) is 42.9 Å². The van der Waals surface area contributed by atoms with Crippen LogP contribution in [-0.4, -0.2) is 47.8 Å². The third kappa shape index (κ3) is 4.30. The molecule has 2 heterocycles. The van der Waals surface area contributed by atoms with Gasteiger partial charge < -0.3 is 14.7 Å². The summed E-state index contributed by atoms with van der Waals surface area (Å²) in [4.78, 5) is 14.2. The maximum absolute atomic E-state index is 13.3. The van der Waals surface area contributed by atoms with Crippen LogP contribution in [0.1, 0.15) is 31.2 Å². The van der Waals surface area contributed by atoms with E-state index in [9.17, 15) is 14.3 Å². The monoisotopic (exact) mass is 321 g/mol. The van der Waals surface area contributed by atoms with Crippen molar-refractivity contribution in [1.29, 1.82) is 0 Å². The van der Waals surface area contributed by atoms with Crippen molar-refractivity contribution in [2.24, 2.45) is 5.92 Å². The van der Waals surface area contributed by atoms with Crippen molar-refractivity contribution in [3.05, 3.63) is 35.6 Å². The van der Waals surface area contributed by atoms with E-state index in [0.717, 1.165) is 18.6 Å². The molecule has 3 rings (SSSR count). The zero-order valence-electron chi connectivity index (χ0n) is 13.3. The minimum Gasteiger partial charge on any atom is -0.389 e. The Labute approximate surface area is 136 Å². The minimum absolute atomic E-state index is 0.160. The first-order valence-electron chi connectivity index (χ1n) is 8.36. The highest BCUT2D eigenvalue weighted by Crippen LogP contribution is 2.28. The predicted molar refractivity (Wildman–Crippen MR) is 84.4 cm³/mol. The van der Waals surface area contributed by atoms with Gasteiger partial charge in [0.05, 0.1) is 5.60 Å². The molecule has 4 nitrogen and oxygen atoms in total. The summed E-state index contributed by atoms with van der Waals surface area (Å²) in [6.07, 6.45) is 3.02. The molecular weight excluding hydrogens is 297 g/mol. The van der Waals surface area contributed by atoms with Gasteiger partial charge in [-0.3, -0.25) is 4.79 Å². The molecule has 1 aromatic rings. The summed E-state index contributed by atoms with van der Waals surface area (Å²) in [6.45, 7) is 2.57. The molecule has 23 heavy (non-hydrogen) atoms. The first kappa shape index (κ1) is 16.4. The Morgan fingerprint density at radius 2 is 2.17 bits per heavy atom. The van der Waals surface area contributed by atoms with Crippen LogP contribution >= 0.6 is 0 Å². The van der Waals surface area contributed by atoms with Gasteiger partial charge in [-0.25, -0.2) is 4.39 Å². The lowest BCUT2D eigenvalue weighted by molar-refractivity contribution is -0.136. The maximum atomic E-state index is 13.3. The van der Waals surface area contributed by atoms with Gasteiger partial charge in [-0.1, -0.05) is 12.1 Å². The largest absolute Gasteiger partial charge is 0.389 e. The van der Waals surface area contributed by atoms with Crippen LogP contribution in [0.2, 0.25) is 0 Å². The van der Waals surface area contributed by atoms with Crippen LogP contribution in [0.5, 0.6) is 0 Å². The van der Waals surface area contributed by atoms with E-state index in [4.69, 9.17) is 4.74 Å². The van der Waals surface area contributed by atoms with E-state index in [1.165, 1.54) is 12.1 Å². The summed E-state index contributed by atoms with van der Waals surface area (Å²) >= 11 is 0. The van der Waals surface area contributed by atoms with Gasteiger partial charge in [-0.2, -0.15) is 0 Å². The van der Waals surface area contributed by atoms with Crippen molar-refractivity contribution >= 4 is 5.91 Å². The van der Waals surface area contributed by atoms with Crippen molar-refractivity contribution in [2.75, 3.05) is 26.3 Å². The lowest BCUT2D eigenvalue weighted by atomic mass is 9.85. The van der Waals surface area contributed by atoms with E-state index >= 15 is 0 Å². The average molecular weight is 321 g/mol. The second kappa shape index (κ2) is 6.97. The Kier molecular flexibility index (Phi) is 4.97. The topological polar surface area (TPSA) is 49.8 Å². The van der Waals surface area contributed by atoms with E-state index in [1.54, 1.807) is 6.07 Å². The van der Waals surface area contributed by atoms with Crippen molar-refractivity contribution in [3.63, 3.8) is 0 Å². The molecule has 1 unspecified atom stereocenters. The Balaban J connectivity index is 1.51. The molecule has 0 aliphatic carbocycles. The molecule has 0 aromatic heterocycles.